The molecule has 1 fully saturated rings. The Morgan fingerprint density at radius 2 is 2.15 bits per heavy atom. The highest BCUT2D eigenvalue weighted by Crippen LogP contribution is 2.61. The van der Waals surface area contributed by atoms with Crippen molar-refractivity contribution in [3.8, 4) is 0 Å². The van der Waals surface area contributed by atoms with Gasteiger partial charge < -0.3 is 0 Å². The molecule has 1 aliphatic rings. The first-order valence-corrected chi connectivity index (χ1v) is 6.44. The maximum atomic E-state index is 3.81. The van der Waals surface area contributed by atoms with Crippen molar-refractivity contribution in [1.29, 1.82) is 0 Å². The minimum atomic E-state index is 0.562. The van der Waals surface area contributed by atoms with Crippen molar-refractivity contribution in [3.05, 3.63) is 21.9 Å². The van der Waals surface area contributed by atoms with E-state index in [4.69, 9.17) is 0 Å². The lowest BCUT2D eigenvalue weighted by molar-refractivity contribution is 0.557. The van der Waals surface area contributed by atoms with Crippen LogP contribution in [0.1, 0.15) is 34.8 Å². The minimum Gasteiger partial charge on any atom is -0.145 e. The van der Waals surface area contributed by atoms with Gasteiger partial charge in [-0.2, -0.15) is 0 Å². The maximum absolute atomic E-state index is 3.81. The molecule has 0 spiro atoms. The fourth-order valence-electron chi connectivity index (χ4n) is 1.81. The molecule has 0 aromatic carbocycles. The number of hydrogen-bond donors (Lipinski definition) is 0. The fraction of sp³-hybridized carbons (Fsp3) is 0.636. The van der Waals surface area contributed by atoms with Crippen molar-refractivity contribution in [2.45, 2.75) is 32.0 Å². The number of alkyl halides is 1. The number of aryl methyl sites for hydroxylation is 1. The van der Waals surface area contributed by atoms with Gasteiger partial charge in [0.2, 0.25) is 0 Å². The molecule has 0 saturated heterocycles. The average Bonchev–Trinajstić information content (AvgIpc) is 2.47. The monoisotopic (exact) mass is 258 g/mol. The standard InChI is InChI=1S/C11H15BrS/c1-7-4-5-9(13-7)10(12)8-6-11(8,2)3/h4-5,8,10H,6H2,1-3H3. The van der Waals surface area contributed by atoms with E-state index in [1.165, 1.54) is 16.2 Å². The number of halogens is 1. The summed E-state index contributed by atoms with van der Waals surface area (Å²) in [6, 6.07) is 4.47. The summed E-state index contributed by atoms with van der Waals surface area (Å²) in [5, 5.41) is 0. The second-order valence-electron chi connectivity index (χ2n) is 4.65. The molecule has 1 heterocycles. The third-order valence-electron chi connectivity index (χ3n) is 2.98. The Kier molecular flexibility index (Phi) is 2.31. The normalized spacial score (nSPS) is 27.2. The van der Waals surface area contributed by atoms with Crippen molar-refractivity contribution in [2.75, 3.05) is 0 Å². The van der Waals surface area contributed by atoms with Crippen LogP contribution in [-0.2, 0) is 0 Å². The molecule has 0 amide bonds. The third-order valence-corrected chi connectivity index (χ3v) is 5.49. The Balaban J connectivity index is 2.11. The molecular weight excluding hydrogens is 244 g/mol. The van der Waals surface area contributed by atoms with Gasteiger partial charge in [-0.3, -0.25) is 0 Å². The van der Waals surface area contributed by atoms with Crippen LogP contribution in [0.2, 0.25) is 0 Å². The molecule has 0 radical (unpaired) electrons. The lowest BCUT2D eigenvalue weighted by Crippen LogP contribution is -1.96. The second kappa shape index (κ2) is 3.09. The number of rotatable bonds is 2. The van der Waals surface area contributed by atoms with Gasteiger partial charge >= 0.3 is 0 Å². The highest BCUT2D eigenvalue weighted by atomic mass is 79.9. The molecule has 0 N–H and O–H groups in total. The molecule has 1 saturated carbocycles. The summed E-state index contributed by atoms with van der Waals surface area (Å²) in [6.07, 6.45) is 1.36. The van der Waals surface area contributed by atoms with Crippen molar-refractivity contribution >= 4 is 27.3 Å². The van der Waals surface area contributed by atoms with Crippen LogP contribution >= 0.6 is 27.3 Å². The molecule has 2 unspecified atom stereocenters. The summed E-state index contributed by atoms with van der Waals surface area (Å²) in [6.45, 7) is 6.88. The van der Waals surface area contributed by atoms with Gasteiger partial charge in [-0.25, -0.2) is 0 Å². The molecule has 0 aliphatic heterocycles. The molecule has 0 nitrogen and oxygen atoms in total. The van der Waals surface area contributed by atoms with Crippen LogP contribution in [0.4, 0.5) is 0 Å². The molecule has 72 valence electrons. The van der Waals surface area contributed by atoms with Gasteiger partial charge in [0.1, 0.15) is 0 Å². The topological polar surface area (TPSA) is 0 Å². The van der Waals surface area contributed by atoms with E-state index in [1.54, 1.807) is 0 Å². The molecule has 1 aromatic heterocycles. The molecule has 2 rings (SSSR count). The van der Waals surface area contributed by atoms with Gasteiger partial charge in [-0.15, -0.1) is 11.3 Å². The highest BCUT2D eigenvalue weighted by Gasteiger charge is 2.49. The Hall–Kier alpha value is 0.180. The smallest absolute Gasteiger partial charge is 0.0522 e. The number of hydrogen-bond acceptors (Lipinski definition) is 1. The van der Waals surface area contributed by atoms with E-state index in [1.807, 2.05) is 11.3 Å². The Morgan fingerprint density at radius 1 is 1.54 bits per heavy atom. The summed E-state index contributed by atoms with van der Waals surface area (Å²) in [5.41, 5.74) is 0.562. The third kappa shape index (κ3) is 1.84. The quantitative estimate of drug-likeness (QED) is 0.684. The average molecular weight is 259 g/mol. The predicted molar refractivity (Wildman–Crippen MR) is 62.6 cm³/mol. The second-order valence-corrected chi connectivity index (χ2v) is 6.96. The Bertz CT molecular complexity index is 314. The SMILES string of the molecule is Cc1ccc(C(Br)C2CC2(C)C)s1. The number of thiophene rings is 1. The zero-order valence-corrected chi connectivity index (χ0v) is 10.7. The maximum Gasteiger partial charge on any atom is 0.0522 e. The Morgan fingerprint density at radius 3 is 2.54 bits per heavy atom. The first-order valence-electron chi connectivity index (χ1n) is 4.71. The van der Waals surface area contributed by atoms with Crippen LogP contribution in [0, 0.1) is 18.3 Å². The summed E-state index contributed by atoms with van der Waals surface area (Å²) in [4.78, 5) is 3.49. The zero-order valence-electron chi connectivity index (χ0n) is 8.30. The van der Waals surface area contributed by atoms with Crippen molar-refractivity contribution in [1.82, 2.24) is 0 Å². The molecule has 13 heavy (non-hydrogen) atoms. The largest absolute Gasteiger partial charge is 0.145 e. The van der Waals surface area contributed by atoms with Crippen LogP contribution < -0.4 is 0 Å². The Labute approximate surface area is 92.5 Å². The highest BCUT2D eigenvalue weighted by molar-refractivity contribution is 9.09. The van der Waals surface area contributed by atoms with E-state index in [-0.39, 0.29) is 0 Å². The first-order chi connectivity index (χ1) is 6.00. The van der Waals surface area contributed by atoms with E-state index >= 15 is 0 Å². The van der Waals surface area contributed by atoms with Crippen molar-refractivity contribution in [2.24, 2.45) is 11.3 Å². The van der Waals surface area contributed by atoms with Gasteiger partial charge in [0.15, 0.2) is 0 Å². The van der Waals surface area contributed by atoms with Crippen LogP contribution in [0.5, 0.6) is 0 Å². The molecular formula is C11H15BrS. The van der Waals surface area contributed by atoms with Crippen LogP contribution in [-0.4, -0.2) is 0 Å². The van der Waals surface area contributed by atoms with Gasteiger partial charge in [0.25, 0.3) is 0 Å². The van der Waals surface area contributed by atoms with Crippen LogP contribution in [0.25, 0.3) is 0 Å². The molecule has 2 heteroatoms. The lowest BCUT2D eigenvalue weighted by Gasteiger charge is -2.08. The molecule has 2 atom stereocenters. The van der Waals surface area contributed by atoms with Gasteiger partial charge in [0, 0.05) is 9.75 Å². The van der Waals surface area contributed by atoms with E-state index in [0.717, 1.165) is 5.92 Å². The summed E-state index contributed by atoms with van der Waals surface area (Å²) < 4.78 is 0. The minimum absolute atomic E-state index is 0.562. The van der Waals surface area contributed by atoms with E-state index < -0.39 is 0 Å². The summed E-state index contributed by atoms with van der Waals surface area (Å²) >= 11 is 5.73. The predicted octanol–water partition coefficient (Wildman–Crippen LogP) is 4.54. The van der Waals surface area contributed by atoms with Crippen molar-refractivity contribution in [3.63, 3.8) is 0 Å². The summed E-state index contributed by atoms with van der Waals surface area (Å²) in [5.74, 6) is 0.838. The van der Waals surface area contributed by atoms with Crippen molar-refractivity contribution < 1.29 is 0 Å². The van der Waals surface area contributed by atoms with E-state index in [9.17, 15) is 0 Å². The molecule has 1 aliphatic carbocycles. The van der Waals surface area contributed by atoms with Gasteiger partial charge in [-0.05, 0) is 36.8 Å². The van der Waals surface area contributed by atoms with Crippen LogP contribution in [0.3, 0.4) is 0 Å². The molecule has 1 aromatic rings. The first kappa shape index (κ1) is 9.72. The van der Waals surface area contributed by atoms with Gasteiger partial charge in [0.05, 0.1) is 4.83 Å². The lowest BCUT2D eigenvalue weighted by atomic mass is 10.1. The van der Waals surface area contributed by atoms with E-state index in [0.29, 0.717) is 10.2 Å². The fourth-order valence-corrected chi connectivity index (χ4v) is 4.06. The van der Waals surface area contributed by atoms with Crippen LogP contribution in [0.15, 0.2) is 12.1 Å². The zero-order chi connectivity index (χ0) is 9.64. The van der Waals surface area contributed by atoms with Gasteiger partial charge in [-0.1, -0.05) is 29.8 Å². The summed E-state index contributed by atoms with van der Waals surface area (Å²) in [7, 11) is 0. The van der Waals surface area contributed by atoms with E-state index in [2.05, 4.69) is 48.8 Å². The molecule has 0 bridgehead atoms.